The summed E-state index contributed by atoms with van der Waals surface area (Å²) in [4.78, 5) is 23.8. The number of rotatable bonds is 3. The molecule has 22 heavy (non-hydrogen) atoms. The molecule has 4 fully saturated rings. The SMILES string of the molecule is O=C1C2CC3CC4(OC(=O)C(F)(F)S(=O)(=O)O)CC1C4(C3)C2. The third-order valence-corrected chi connectivity index (χ3v) is 7.02. The van der Waals surface area contributed by atoms with E-state index in [0.29, 0.717) is 25.7 Å². The molecule has 4 aliphatic carbocycles. The van der Waals surface area contributed by atoms with Gasteiger partial charge in [0.2, 0.25) is 0 Å². The van der Waals surface area contributed by atoms with Crippen LogP contribution in [0.25, 0.3) is 0 Å². The van der Waals surface area contributed by atoms with Gasteiger partial charge < -0.3 is 4.74 Å². The quantitative estimate of drug-likeness (QED) is 0.613. The van der Waals surface area contributed by atoms with Crippen LogP contribution in [0.3, 0.4) is 0 Å². The Hall–Kier alpha value is -1.09. The molecule has 122 valence electrons. The fourth-order valence-corrected chi connectivity index (χ4v) is 5.74. The summed E-state index contributed by atoms with van der Waals surface area (Å²) in [5, 5.41) is -4.98. The molecule has 9 heteroatoms. The van der Waals surface area contributed by atoms with Crippen molar-refractivity contribution < 1.29 is 36.1 Å². The topological polar surface area (TPSA) is 97.7 Å². The molecule has 0 aliphatic heterocycles. The first-order valence-electron chi connectivity index (χ1n) is 7.14. The summed E-state index contributed by atoms with van der Waals surface area (Å²) >= 11 is 0. The Bertz CT molecular complexity index is 703. The number of fused-ring (bicyclic) bond motifs is 2. The number of esters is 1. The Morgan fingerprint density at radius 2 is 1.95 bits per heavy atom. The zero-order chi connectivity index (χ0) is 16.1. The summed E-state index contributed by atoms with van der Waals surface area (Å²) in [5.41, 5.74) is -1.77. The molecule has 4 saturated carbocycles. The Balaban J connectivity index is 1.66. The van der Waals surface area contributed by atoms with Crippen LogP contribution in [0.1, 0.15) is 32.1 Å². The second-order valence-electron chi connectivity index (χ2n) is 7.10. The largest absolute Gasteiger partial charge is 0.465 e. The minimum absolute atomic E-state index is 0.0890. The van der Waals surface area contributed by atoms with Crippen molar-refractivity contribution in [1.82, 2.24) is 0 Å². The van der Waals surface area contributed by atoms with Gasteiger partial charge in [0, 0.05) is 17.3 Å². The van der Waals surface area contributed by atoms with E-state index in [1.165, 1.54) is 0 Å². The Morgan fingerprint density at radius 3 is 2.59 bits per heavy atom. The van der Waals surface area contributed by atoms with E-state index >= 15 is 0 Å². The van der Waals surface area contributed by atoms with E-state index in [0.717, 1.165) is 0 Å². The smallest absolute Gasteiger partial charge is 0.453 e. The highest BCUT2D eigenvalue weighted by Crippen LogP contribution is 2.77. The first kappa shape index (κ1) is 14.5. The van der Waals surface area contributed by atoms with E-state index in [4.69, 9.17) is 9.29 Å². The molecule has 0 aromatic heterocycles. The van der Waals surface area contributed by atoms with Crippen LogP contribution in [0.2, 0.25) is 0 Å². The summed E-state index contributed by atoms with van der Waals surface area (Å²) < 4.78 is 61.7. The van der Waals surface area contributed by atoms with Crippen LogP contribution in [0.4, 0.5) is 8.78 Å². The fraction of sp³-hybridized carbons (Fsp3) is 0.846. The molecular formula is C13H14F2O6S. The first-order chi connectivity index (χ1) is 10.0. The average molecular weight is 336 g/mol. The number of carbonyl (C=O) groups excluding carboxylic acids is 2. The second kappa shape index (κ2) is 3.69. The van der Waals surface area contributed by atoms with Gasteiger partial charge in [-0.15, -0.1) is 0 Å². The highest BCUT2D eigenvalue weighted by atomic mass is 32.2. The molecule has 4 aliphatic rings. The zero-order valence-electron chi connectivity index (χ0n) is 11.4. The molecule has 0 aromatic rings. The second-order valence-corrected chi connectivity index (χ2v) is 8.56. The standard InChI is InChI=1S/C13H14F2O6S/c14-13(15,22(18,19)20)10(17)21-12-3-6-1-7-4-11(12,2-6)8(5-12)9(7)16/h6-8H,1-5H2,(H,18,19,20). The maximum atomic E-state index is 13.4. The molecule has 0 heterocycles. The monoisotopic (exact) mass is 336 g/mol. The highest BCUT2D eigenvalue weighted by Gasteiger charge is 2.80. The molecule has 0 saturated heterocycles. The Kier molecular flexibility index (Phi) is 2.43. The van der Waals surface area contributed by atoms with Crippen LogP contribution in [-0.4, -0.2) is 35.6 Å². The maximum absolute atomic E-state index is 13.4. The van der Waals surface area contributed by atoms with Crippen molar-refractivity contribution in [3.05, 3.63) is 0 Å². The molecule has 0 radical (unpaired) electrons. The molecule has 1 N–H and O–H groups in total. The van der Waals surface area contributed by atoms with Gasteiger partial charge in [-0.25, -0.2) is 4.79 Å². The molecule has 3 bridgehead atoms. The van der Waals surface area contributed by atoms with Crippen molar-refractivity contribution in [2.45, 2.75) is 43.0 Å². The number of hydrogen-bond acceptors (Lipinski definition) is 5. The van der Waals surface area contributed by atoms with Crippen molar-refractivity contribution in [2.24, 2.45) is 23.2 Å². The number of ketones is 1. The van der Waals surface area contributed by atoms with Gasteiger partial charge in [-0.3, -0.25) is 9.35 Å². The molecule has 4 rings (SSSR count). The van der Waals surface area contributed by atoms with Crippen molar-refractivity contribution >= 4 is 21.9 Å². The molecule has 5 atom stereocenters. The average Bonchev–Trinajstić information content (AvgIpc) is 2.65. The molecular weight excluding hydrogens is 322 g/mol. The summed E-state index contributed by atoms with van der Waals surface area (Å²) in [6.45, 7) is 0. The van der Waals surface area contributed by atoms with E-state index in [1.807, 2.05) is 0 Å². The lowest BCUT2D eigenvalue weighted by Gasteiger charge is -2.56. The lowest BCUT2D eigenvalue weighted by Crippen LogP contribution is -2.62. The normalized spacial score (nSPS) is 45.6. The van der Waals surface area contributed by atoms with E-state index < -0.39 is 32.4 Å². The third-order valence-electron chi connectivity index (χ3n) is 6.20. The summed E-state index contributed by atoms with van der Waals surface area (Å²) in [5.74, 6) is -2.34. The van der Waals surface area contributed by atoms with Gasteiger partial charge in [0.1, 0.15) is 11.4 Å². The van der Waals surface area contributed by atoms with Crippen molar-refractivity contribution in [1.29, 1.82) is 0 Å². The molecule has 0 amide bonds. The number of ether oxygens (including phenoxy) is 1. The van der Waals surface area contributed by atoms with Crippen molar-refractivity contribution in [3.8, 4) is 0 Å². The van der Waals surface area contributed by atoms with E-state index in [1.54, 1.807) is 0 Å². The van der Waals surface area contributed by atoms with Gasteiger partial charge in [0.25, 0.3) is 0 Å². The van der Waals surface area contributed by atoms with Crippen molar-refractivity contribution in [2.75, 3.05) is 0 Å². The van der Waals surface area contributed by atoms with Gasteiger partial charge in [-0.05, 0) is 38.0 Å². The van der Waals surface area contributed by atoms with Crippen LogP contribution in [0, 0.1) is 23.2 Å². The van der Waals surface area contributed by atoms with Crippen LogP contribution < -0.4 is 0 Å². The fourth-order valence-electron chi connectivity index (χ4n) is 5.49. The molecule has 0 aromatic carbocycles. The number of Topliss-reactive ketones (excluding diaryl/α,β-unsaturated/α-hetero) is 1. The van der Waals surface area contributed by atoms with Crippen LogP contribution in [0.15, 0.2) is 0 Å². The Morgan fingerprint density at radius 1 is 1.27 bits per heavy atom. The predicted octanol–water partition coefficient (Wildman–Crippen LogP) is 1.16. The summed E-state index contributed by atoms with van der Waals surface area (Å²) in [6, 6.07) is 0. The first-order valence-corrected chi connectivity index (χ1v) is 8.58. The van der Waals surface area contributed by atoms with Gasteiger partial charge in [0.15, 0.2) is 0 Å². The Labute approximate surface area is 124 Å². The van der Waals surface area contributed by atoms with Gasteiger partial charge in [0.05, 0.1) is 0 Å². The molecule has 1 spiro atoms. The highest BCUT2D eigenvalue weighted by molar-refractivity contribution is 7.87. The van der Waals surface area contributed by atoms with E-state index in [2.05, 4.69) is 0 Å². The van der Waals surface area contributed by atoms with Gasteiger partial charge >= 0.3 is 21.3 Å². The van der Waals surface area contributed by atoms with Crippen LogP contribution >= 0.6 is 0 Å². The summed E-state index contributed by atoms with van der Waals surface area (Å²) in [7, 11) is -5.88. The van der Waals surface area contributed by atoms with Crippen LogP contribution in [0.5, 0.6) is 0 Å². The van der Waals surface area contributed by atoms with E-state index in [-0.39, 0.29) is 30.0 Å². The van der Waals surface area contributed by atoms with Gasteiger partial charge in [-0.2, -0.15) is 17.2 Å². The lowest BCUT2D eigenvalue weighted by atomic mass is 9.52. The molecule has 6 nitrogen and oxygen atoms in total. The number of hydrogen-bond donors (Lipinski definition) is 1. The number of halogens is 2. The van der Waals surface area contributed by atoms with E-state index in [9.17, 15) is 26.8 Å². The predicted molar refractivity (Wildman–Crippen MR) is 66.3 cm³/mol. The van der Waals surface area contributed by atoms with Crippen molar-refractivity contribution in [3.63, 3.8) is 0 Å². The maximum Gasteiger partial charge on any atom is 0.465 e. The number of carbonyl (C=O) groups is 2. The summed E-state index contributed by atoms with van der Waals surface area (Å²) in [6.07, 6.45) is 2.44. The third kappa shape index (κ3) is 1.40. The molecule has 5 unspecified atom stereocenters. The minimum Gasteiger partial charge on any atom is -0.453 e. The van der Waals surface area contributed by atoms with Crippen LogP contribution in [-0.2, 0) is 24.4 Å². The number of alkyl halides is 2. The minimum atomic E-state index is -5.88. The lowest BCUT2D eigenvalue weighted by molar-refractivity contribution is -0.226. The van der Waals surface area contributed by atoms with Gasteiger partial charge in [-0.1, -0.05) is 0 Å². The zero-order valence-corrected chi connectivity index (χ0v) is 12.2.